The normalized spacial score (nSPS) is 14.9. The number of nitrogens with zero attached hydrogens (tertiary/aromatic N) is 2. The molecular weight excluding hydrogens is 334 g/mol. The molecule has 1 aliphatic rings. The van der Waals surface area contributed by atoms with E-state index in [1.807, 2.05) is 6.07 Å². The van der Waals surface area contributed by atoms with Crippen molar-refractivity contribution in [3.8, 4) is 0 Å². The number of rotatable bonds is 4. The molecule has 0 bridgehead atoms. The van der Waals surface area contributed by atoms with Crippen molar-refractivity contribution in [2.24, 2.45) is 0 Å². The summed E-state index contributed by atoms with van der Waals surface area (Å²) < 4.78 is 5.27. The molecule has 0 aliphatic heterocycles. The molecule has 23 heavy (non-hydrogen) atoms. The minimum Gasteiger partial charge on any atom is -0.448 e. The minimum absolute atomic E-state index is 0.405. The Kier molecular flexibility index (Phi) is 4.72. The number of nitrogens with one attached hydrogen (secondary N) is 1. The molecule has 0 aromatic carbocycles. The molecule has 1 atom stereocenters. The van der Waals surface area contributed by atoms with Crippen LogP contribution in [0.3, 0.4) is 0 Å². The predicted molar refractivity (Wildman–Crippen MR) is 89.1 cm³/mol. The quantitative estimate of drug-likeness (QED) is 0.857. The third kappa shape index (κ3) is 3.76. The van der Waals surface area contributed by atoms with Gasteiger partial charge in [-0.05, 0) is 51.2 Å². The van der Waals surface area contributed by atoms with Crippen molar-refractivity contribution in [1.29, 1.82) is 0 Å². The zero-order valence-electron chi connectivity index (χ0n) is 12.9. The zero-order valence-corrected chi connectivity index (χ0v) is 14.6. The van der Waals surface area contributed by atoms with Crippen molar-refractivity contribution in [2.75, 3.05) is 5.32 Å². The number of ether oxygens (including phenoxy) is 1. The fourth-order valence-electron chi connectivity index (χ4n) is 2.42. The Hall–Kier alpha value is -1.80. The van der Waals surface area contributed by atoms with Crippen LogP contribution in [0.15, 0.2) is 6.07 Å². The largest absolute Gasteiger partial charge is 0.448 e. The van der Waals surface area contributed by atoms with E-state index in [4.69, 9.17) is 4.74 Å². The summed E-state index contributed by atoms with van der Waals surface area (Å²) in [7, 11) is 0. The van der Waals surface area contributed by atoms with E-state index >= 15 is 0 Å². The Morgan fingerprint density at radius 1 is 1.26 bits per heavy atom. The standard InChI is InChI=1S/C15H17N3O3S2/c1-8(13(19)16-15-18-17-9(2)22-15)21-14(20)12-7-10-5-3-4-6-11(10)23-12/h7-8H,3-6H2,1-2H3,(H,16,18,19). The molecule has 6 nitrogen and oxygen atoms in total. The highest BCUT2D eigenvalue weighted by Gasteiger charge is 2.23. The molecule has 1 N–H and O–H groups in total. The predicted octanol–water partition coefficient (Wildman–Crippen LogP) is 2.97. The molecule has 2 aromatic heterocycles. The number of anilines is 1. The number of carbonyl (C=O) groups is 2. The first-order valence-corrected chi connectivity index (χ1v) is 9.10. The van der Waals surface area contributed by atoms with Crippen LogP contribution in [0, 0.1) is 6.92 Å². The van der Waals surface area contributed by atoms with Crippen LogP contribution in [0.25, 0.3) is 0 Å². The van der Waals surface area contributed by atoms with Gasteiger partial charge in [-0.1, -0.05) is 11.3 Å². The average molecular weight is 351 g/mol. The second kappa shape index (κ2) is 6.76. The lowest BCUT2D eigenvalue weighted by molar-refractivity contribution is -0.123. The Balaban J connectivity index is 1.60. The van der Waals surface area contributed by atoms with Gasteiger partial charge in [0.25, 0.3) is 5.91 Å². The molecule has 1 amide bonds. The summed E-state index contributed by atoms with van der Waals surface area (Å²) in [6.07, 6.45) is 3.50. The third-order valence-corrected chi connectivity index (χ3v) is 5.58. The van der Waals surface area contributed by atoms with E-state index < -0.39 is 18.0 Å². The van der Waals surface area contributed by atoms with Crippen LogP contribution in [0.5, 0.6) is 0 Å². The van der Waals surface area contributed by atoms with E-state index in [1.54, 1.807) is 13.8 Å². The van der Waals surface area contributed by atoms with E-state index in [9.17, 15) is 9.59 Å². The Labute approximate surface area is 141 Å². The maximum atomic E-state index is 12.2. The van der Waals surface area contributed by atoms with E-state index in [1.165, 1.54) is 39.5 Å². The Morgan fingerprint density at radius 2 is 2.04 bits per heavy atom. The highest BCUT2D eigenvalue weighted by atomic mass is 32.1. The van der Waals surface area contributed by atoms with Gasteiger partial charge >= 0.3 is 5.97 Å². The highest BCUT2D eigenvalue weighted by Crippen LogP contribution is 2.30. The zero-order chi connectivity index (χ0) is 16.4. The molecule has 0 saturated carbocycles. The molecular formula is C15H17N3O3S2. The molecule has 1 unspecified atom stereocenters. The molecule has 2 heterocycles. The first-order chi connectivity index (χ1) is 11.0. The van der Waals surface area contributed by atoms with Gasteiger partial charge in [0.15, 0.2) is 6.10 Å². The first kappa shape index (κ1) is 16.1. The summed E-state index contributed by atoms with van der Waals surface area (Å²) in [6, 6.07) is 1.90. The van der Waals surface area contributed by atoms with Gasteiger partial charge in [0, 0.05) is 4.88 Å². The lowest BCUT2D eigenvalue weighted by Crippen LogP contribution is -2.29. The fraction of sp³-hybridized carbons (Fsp3) is 0.467. The molecule has 2 aromatic rings. The summed E-state index contributed by atoms with van der Waals surface area (Å²) in [6.45, 7) is 3.35. The van der Waals surface area contributed by atoms with Gasteiger partial charge in [0.05, 0.1) is 0 Å². The molecule has 122 valence electrons. The van der Waals surface area contributed by atoms with Gasteiger partial charge in [-0.2, -0.15) is 0 Å². The second-order valence-electron chi connectivity index (χ2n) is 5.43. The smallest absolute Gasteiger partial charge is 0.349 e. The van der Waals surface area contributed by atoms with Crippen molar-refractivity contribution >= 4 is 39.7 Å². The van der Waals surface area contributed by atoms with Crippen LogP contribution >= 0.6 is 22.7 Å². The maximum absolute atomic E-state index is 12.2. The van der Waals surface area contributed by atoms with Crippen molar-refractivity contribution in [3.05, 3.63) is 26.4 Å². The molecule has 0 fully saturated rings. The van der Waals surface area contributed by atoms with Gasteiger partial charge in [-0.3, -0.25) is 10.1 Å². The number of hydrogen-bond donors (Lipinski definition) is 1. The van der Waals surface area contributed by atoms with Gasteiger partial charge in [-0.15, -0.1) is 21.5 Å². The van der Waals surface area contributed by atoms with Crippen LogP contribution in [0.2, 0.25) is 0 Å². The van der Waals surface area contributed by atoms with Crippen LogP contribution in [0.4, 0.5) is 5.13 Å². The van der Waals surface area contributed by atoms with Crippen LogP contribution in [-0.4, -0.2) is 28.2 Å². The average Bonchev–Trinajstić information content (AvgIpc) is 3.13. The van der Waals surface area contributed by atoms with Crippen molar-refractivity contribution < 1.29 is 14.3 Å². The third-order valence-electron chi connectivity index (χ3n) is 3.61. The number of hydrogen-bond acceptors (Lipinski definition) is 7. The topological polar surface area (TPSA) is 81.2 Å². The van der Waals surface area contributed by atoms with Gasteiger partial charge in [-0.25, -0.2) is 4.79 Å². The second-order valence-corrected chi connectivity index (χ2v) is 7.75. The molecule has 1 aliphatic carbocycles. The summed E-state index contributed by atoms with van der Waals surface area (Å²) in [5.74, 6) is -0.851. The highest BCUT2D eigenvalue weighted by molar-refractivity contribution is 7.15. The van der Waals surface area contributed by atoms with E-state index in [-0.39, 0.29) is 0 Å². The van der Waals surface area contributed by atoms with E-state index in [2.05, 4.69) is 15.5 Å². The summed E-state index contributed by atoms with van der Waals surface area (Å²) in [5.41, 5.74) is 1.25. The van der Waals surface area contributed by atoms with E-state index in [0.29, 0.717) is 10.0 Å². The number of carbonyl (C=O) groups excluding carboxylic acids is 2. The lowest BCUT2D eigenvalue weighted by atomic mass is 9.99. The molecule has 0 radical (unpaired) electrons. The monoisotopic (exact) mass is 351 g/mol. The van der Waals surface area contributed by atoms with Crippen molar-refractivity contribution in [2.45, 2.75) is 45.6 Å². The minimum atomic E-state index is -0.883. The van der Waals surface area contributed by atoms with Gasteiger partial charge in [0.2, 0.25) is 5.13 Å². The Bertz CT molecular complexity index is 715. The SMILES string of the molecule is Cc1nnc(NC(=O)C(C)OC(=O)c2cc3c(s2)CCCC3)s1. The summed E-state index contributed by atoms with van der Waals surface area (Å²) in [4.78, 5) is 26.1. The number of thiophene rings is 1. The lowest BCUT2D eigenvalue weighted by Gasteiger charge is -2.11. The fourth-order valence-corrected chi connectivity index (χ4v) is 4.15. The molecule has 8 heteroatoms. The van der Waals surface area contributed by atoms with Crippen LogP contribution in [-0.2, 0) is 22.4 Å². The van der Waals surface area contributed by atoms with Crippen molar-refractivity contribution in [1.82, 2.24) is 10.2 Å². The number of amides is 1. The van der Waals surface area contributed by atoms with Crippen LogP contribution in [0.1, 0.15) is 44.9 Å². The maximum Gasteiger partial charge on any atom is 0.349 e. The number of aromatic nitrogens is 2. The molecule has 0 saturated heterocycles. The van der Waals surface area contributed by atoms with E-state index in [0.717, 1.165) is 24.3 Å². The first-order valence-electron chi connectivity index (χ1n) is 7.46. The molecule has 3 rings (SSSR count). The summed E-state index contributed by atoms with van der Waals surface area (Å²) >= 11 is 2.75. The van der Waals surface area contributed by atoms with Gasteiger partial charge < -0.3 is 4.74 Å². The van der Waals surface area contributed by atoms with Gasteiger partial charge in [0.1, 0.15) is 9.88 Å². The number of aryl methyl sites for hydroxylation is 3. The van der Waals surface area contributed by atoms with Crippen LogP contribution < -0.4 is 5.32 Å². The number of fused-ring (bicyclic) bond motifs is 1. The number of esters is 1. The summed E-state index contributed by atoms with van der Waals surface area (Å²) in [5, 5.41) is 11.4. The van der Waals surface area contributed by atoms with Crippen molar-refractivity contribution in [3.63, 3.8) is 0 Å². The molecule has 0 spiro atoms. The Morgan fingerprint density at radius 3 is 2.74 bits per heavy atom.